The molecule has 3 rings (SSSR count). The van der Waals surface area contributed by atoms with E-state index in [4.69, 9.17) is 0 Å². The van der Waals surface area contributed by atoms with Gasteiger partial charge in [-0.3, -0.25) is 4.79 Å². The molecule has 1 aromatic heterocycles. The number of nitrogens with one attached hydrogen (secondary N) is 1. The Morgan fingerprint density at radius 1 is 1.41 bits per heavy atom. The molecule has 2 aliphatic rings. The summed E-state index contributed by atoms with van der Waals surface area (Å²) < 4.78 is 0.750. The predicted molar refractivity (Wildman–Crippen MR) is 69.6 cm³/mol. The Labute approximate surface area is 109 Å². The fourth-order valence-corrected chi connectivity index (χ4v) is 3.11. The molecule has 2 saturated carbocycles. The second-order valence-corrected chi connectivity index (χ2v) is 6.09. The van der Waals surface area contributed by atoms with Gasteiger partial charge < -0.3 is 5.32 Å². The minimum Gasteiger partial charge on any atom is -0.310 e. The molecular formula is C13H15BrN2O. The van der Waals surface area contributed by atoms with Crippen molar-refractivity contribution in [3.05, 3.63) is 22.8 Å². The van der Waals surface area contributed by atoms with Gasteiger partial charge in [0.05, 0.1) is 0 Å². The van der Waals surface area contributed by atoms with Crippen LogP contribution in [-0.2, 0) is 4.79 Å². The number of aromatic nitrogens is 1. The Balaban J connectivity index is 1.63. The highest BCUT2D eigenvalue weighted by molar-refractivity contribution is 9.10. The van der Waals surface area contributed by atoms with Crippen molar-refractivity contribution in [2.24, 2.45) is 11.3 Å². The number of pyridine rings is 1. The Hall–Kier alpha value is -0.900. The van der Waals surface area contributed by atoms with Crippen molar-refractivity contribution in [2.75, 3.05) is 5.32 Å². The van der Waals surface area contributed by atoms with Crippen LogP contribution in [0.3, 0.4) is 0 Å². The summed E-state index contributed by atoms with van der Waals surface area (Å²) in [6.45, 7) is 0. The molecule has 4 heteroatoms. The van der Waals surface area contributed by atoms with E-state index in [9.17, 15) is 4.79 Å². The Morgan fingerprint density at radius 2 is 2.24 bits per heavy atom. The van der Waals surface area contributed by atoms with Gasteiger partial charge in [-0.05, 0) is 65.6 Å². The molecule has 1 aromatic rings. The fraction of sp³-hybridized carbons (Fsp3) is 0.538. The summed E-state index contributed by atoms with van der Waals surface area (Å²) in [6, 6.07) is 5.55. The lowest BCUT2D eigenvalue weighted by atomic mass is 10.0. The standard InChI is InChI=1S/C13H15BrN2O/c14-10-2-1-3-11(15-10)16-12(17)9-4-5-13(8-9)6-7-13/h1-3,9H,4-8H2,(H,15,16,17)/t9-/m0/s1. The van der Waals surface area contributed by atoms with E-state index in [0.717, 1.165) is 17.4 Å². The van der Waals surface area contributed by atoms with E-state index >= 15 is 0 Å². The van der Waals surface area contributed by atoms with E-state index in [1.54, 1.807) is 0 Å². The number of hydrogen-bond acceptors (Lipinski definition) is 2. The lowest BCUT2D eigenvalue weighted by molar-refractivity contribution is -0.119. The molecule has 0 radical (unpaired) electrons. The molecule has 1 heterocycles. The molecule has 90 valence electrons. The molecule has 17 heavy (non-hydrogen) atoms. The second kappa shape index (κ2) is 4.09. The highest BCUT2D eigenvalue weighted by Crippen LogP contribution is 2.59. The SMILES string of the molecule is O=C(Nc1cccc(Br)n1)[C@H]1CCC2(CC2)C1. The summed E-state index contributed by atoms with van der Waals surface area (Å²) in [7, 11) is 0. The zero-order valence-electron chi connectivity index (χ0n) is 9.58. The van der Waals surface area contributed by atoms with Crippen molar-refractivity contribution in [1.29, 1.82) is 0 Å². The first kappa shape index (κ1) is 11.2. The molecule has 2 fully saturated rings. The third-order valence-electron chi connectivity index (χ3n) is 4.00. The van der Waals surface area contributed by atoms with Gasteiger partial charge in [-0.15, -0.1) is 0 Å². The third kappa shape index (κ3) is 2.37. The minimum atomic E-state index is 0.138. The van der Waals surface area contributed by atoms with E-state index in [0.29, 0.717) is 11.2 Å². The predicted octanol–water partition coefficient (Wildman–Crippen LogP) is 3.36. The van der Waals surface area contributed by atoms with Crippen LogP contribution < -0.4 is 5.32 Å². The normalized spacial score (nSPS) is 24.9. The first-order valence-electron chi connectivity index (χ1n) is 6.10. The molecule has 0 saturated heterocycles. The number of rotatable bonds is 2. The smallest absolute Gasteiger partial charge is 0.228 e. The first-order valence-corrected chi connectivity index (χ1v) is 6.90. The van der Waals surface area contributed by atoms with Crippen LogP contribution in [0.25, 0.3) is 0 Å². The number of carbonyl (C=O) groups excluding carboxylic acids is 1. The number of nitrogens with zero attached hydrogens (tertiary/aromatic N) is 1. The van der Waals surface area contributed by atoms with E-state index in [1.807, 2.05) is 18.2 Å². The topological polar surface area (TPSA) is 42.0 Å². The Bertz CT molecular complexity index is 456. The maximum Gasteiger partial charge on any atom is 0.228 e. The van der Waals surface area contributed by atoms with Gasteiger partial charge in [0.25, 0.3) is 0 Å². The fourth-order valence-electron chi connectivity index (χ4n) is 2.77. The highest BCUT2D eigenvalue weighted by Gasteiger charge is 2.49. The van der Waals surface area contributed by atoms with Gasteiger partial charge in [-0.1, -0.05) is 6.07 Å². The average molecular weight is 295 g/mol. The molecule has 0 bridgehead atoms. The molecule has 3 nitrogen and oxygen atoms in total. The van der Waals surface area contributed by atoms with Gasteiger partial charge in [0.1, 0.15) is 10.4 Å². The molecule has 1 atom stereocenters. The van der Waals surface area contributed by atoms with Crippen molar-refractivity contribution in [3.8, 4) is 0 Å². The summed E-state index contributed by atoms with van der Waals surface area (Å²) in [5.74, 6) is 0.971. The number of carbonyl (C=O) groups is 1. The van der Waals surface area contributed by atoms with E-state index in [-0.39, 0.29) is 11.8 Å². The summed E-state index contributed by atoms with van der Waals surface area (Å²) in [5, 5.41) is 2.91. The van der Waals surface area contributed by atoms with Gasteiger partial charge in [-0.25, -0.2) is 4.98 Å². The lowest BCUT2D eigenvalue weighted by Crippen LogP contribution is -2.21. The average Bonchev–Trinajstić information content (AvgIpc) is 2.88. The molecule has 0 aromatic carbocycles. The quantitative estimate of drug-likeness (QED) is 0.850. The van der Waals surface area contributed by atoms with Crippen LogP contribution in [-0.4, -0.2) is 10.9 Å². The van der Waals surface area contributed by atoms with Gasteiger partial charge in [0.2, 0.25) is 5.91 Å². The van der Waals surface area contributed by atoms with E-state index in [2.05, 4.69) is 26.2 Å². The zero-order valence-corrected chi connectivity index (χ0v) is 11.2. The van der Waals surface area contributed by atoms with Crippen LogP contribution in [0.15, 0.2) is 22.8 Å². The van der Waals surface area contributed by atoms with Gasteiger partial charge in [0.15, 0.2) is 0 Å². The minimum absolute atomic E-state index is 0.138. The van der Waals surface area contributed by atoms with Crippen LogP contribution in [0.1, 0.15) is 32.1 Å². The molecule has 0 aliphatic heterocycles. The molecule has 1 spiro atoms. The molecular weight excluding hydrogens is 280 g/mol. The molecule has 2 aliphatic carbocycles. The number of anilines is 1. The number of halogens is 1. The van der Waals surface area contributed by atoms with Crippen molar-refractivity contribution >= 4 is 27.7 Å². The highest BCUT2D eigenvalue weighted by atomic mass is 79.9. The number of hydrogen-bond donors (Lipinski definition) is 1. The van der Waals surface area contributed by atoms with Crippen LogP contribution in [0, 0.1) is 11.3 Å². The zero-order chi connectivity index (χ0) is 11.9. The van der Waals surface area contributed by atoms with Crippen LogP contribution >= 0.6 is 15.9 Å². The Kier molecular flexibility index (Phi) is 2.69. The van der Waals surface area contributed by atoms with Crippen LogP contribution in [0.4, 0.5) is 5.82 Å². The molecule has 1 amide bonds. The van der Waals surface area contributed by atoms with Gasteiger partial charge >= 0.3 is 0 Å². The Morgan fingerprint density at radius 3 is 2.88 bits per heavy atom. The van der Waals surface area contributed by atoms with Gasteiger partial charge in [0, 0.05) is 5.92 Å². The van der Waals surface area contributed by atoms with Crippen molar-refractivity contribution in [2.45, 2.75) is 32.1 Å². The first-order chi connectivity index (χ1) is 8.17. The second-order valence-electron chi connectivity index (χ2n) is 5.27. The maximum absolute atomic E-state index is 12.1. The van der Waals surface area contributed by atoms with Crippen molar-refractivity contribution < 1.29 is 4.79 Å². The van der Waals surface area contributed by atoms with Crippen molar-refractivity contribution in [1.82, 2.24) is 4.98 Å². The van der Waals surface area contributed by atoms with E-state index in [1.165, 1.54) is 19.3 Å². The maximum atomic E-state index is 12.1. The summed E-state index contributed by atoms with van der Waals surface area (Å²) in [6.07, 6.45) is 6.00. The van der Waals surface area contributed by atoms with Crippen LogP contribution in [0.2, 0.25) is 0 Å². The summed E-state index contributed by atoms with van der Waals surface area (Å²) >= 11 is 3.30. The third-order valence-corrected chi connectivity index (χ3v) is 4.44. The van der Waals surface area contributed by atoms with Crippen molar-refractivity contribution in [3.63, 3.8) is 0 Å². The van der Waals surface area contributed by atoms with E-state index < -0.39 is 0 Å². The van der Waals surface area contributed by atoms with Gasteiger partial charge in [-0.2, -0.15) is 0 Å². The monoisotopic (exact) mass is 294 g/mol. The molecule has 0 unspecified atom stereocenters. The molecule has 1 N–H and O–H groups in total. The van der Waals surface area contributed by atoms with Crippen LogP contribution in [0.5, 0.6) is 0 Å². The summed E-state index contributed by atoms with van der Waals surface area (Å²) in [5.41, 5.74) is 0.548. The lowest BCUT2D eigenvalue weighted by Gasteiger charge is -2.10. The number of amides is 1. The summed E-state index contributed by atoms with van der Waals surface area (Å²) in [4.78, 5) is 16.3. The largest absolute Gasteiger partial charge is 0.310 e.